The van der Waals surface area contributed by atoms with Crippen molar-refractivity contribution in [1.29, 1.82) is 0 Å². The van der Waals surface area contributed by atoms with Crippen molar-refractivity contribution in [3.8, 4) is 0 Å². The lowest BCUT2D eigenvalue weighted by atomic mass is 10.1. The first-order chi connectivity index (χ1) is 9.82. The number of hydrogen-bond donors (Lipinski definition) is 1. The number of aryl methyl sites for hydroxylation is 3. The fourth-order valence-electron chi connectivity index (χ4n) is 2.23. The van der Waals surface area contributed by atoms with E-state index in [4.69, 9.17) is 4.52 Å². The molecule has 0 radical (unpaired) electrons. The average Bonchev–Trinajstić information content (AvgIpc) is 2.89. The molecule has 8 heteroatoms. The van der Waals surface area contributed by atoms with Crippen LogP contribution in [0.25, 0.3) is 0 Å². The fraction of sp³-hybridized carbons (Fsp3) is 0.538. The lowest BCUT2D eigenvalue weighted by molar-refractivity contribution is -0.384. The van der Waals surface area contributed by atoms with Gasteiger partial charge in [0.1, 0.15) is 11.5 Å². The highest BCUT2D eigenvalue weighted by atomic mass is 16.6. The van der Waals surface area contributed by atoms with E-state index in [-0.39, 0.29) is 11.6 Å². The molecule has 0 aliphatic rings. The van der Waals surface area contributed by atoms with E-state index in [0.717, 1.165) is 11.3 Å². The van der Waals surface area contributed by atoms with Gasteiger partial charge in [-0.3, -0.25) is 10.1 Å². The molecule has 0 aliphatic heterocycles. The molecule has 0 saturated heterocycles. The first kappa shape index (κ1) is 15.0. The van der Waals surface area contributed by atoms with Crippen molar-refractivity contribution in [1.82, 2.24) is 14.9 Å². The Balaban J connectivity index is 2.34. The number of rotatable bonds is 5. The number of anilines is 1. The molecule has 0 unspecified atom stereocenters. The summed E-state index contributed by atoms with van der Waals surface area (Å²) in [5.74, 6) is 1.07. The second-order valence-corrected chi connectivity index (χ2v) is 5.27. The summed E-state index contributed by atoms with van der Waals surface area (Å²) in [5, 5.41) is 22.5. The van der Waals surface area contributed by atoms with Gasteiger partial charge in [0.05, 0.1) is 10.6 Å². The molecule has 0 amide bonds. The van der Waals surface area contributed by atoms with Crippen molar-refractivity contribution in [3.63, 3.8) is 0 Å². The van der Waals surface area contributed by atoms with E-state index >= 15 is 0 Å². The van der Waals surface area contributed by atoms with Crippen molar-refractivity contribution in [3.05, 3.63) is 32.8 Å². The van der Waals surface area contributed by atoms with Gasteiger partial charge in [0.25, 0.3) is 0 Å². The Kier molecular flexibility index (Phi) is 3.97. The molecular formula is C13H19N5O3. The minimum Gasteiger partial charge on any atom is -0.361 e. The molecule has 0 fully saturated rings. The zero-order valence-corrected chi connectivity index (χ0v) is 12.8. The second-order valence-electron chi connectivity index (χ2n) is 5.27. The van der Waals surface area contributed by atoms with Crippen LogP contribution in [0.3, 0.4) is 0 Å². The topological polar surface area (TPSA) is 99.0 Å². The quantitative estimate of drug-likeness (QED) is 0.672. The van der Waals surface area contributed by atoms with Gasteiger partial charge in [-0.2, -0.15) is 5.10 Å². The van der Waals surface area contributed by atoms with Crippen LogP contribution in [-0.4, -0.2) is 19.9 Å². The van der Waals surface area contributed by atoms with Gasteiger partial charge in [0.2, 0.25) is 5.82 Å². The molecule has 0 spiro atoms. The lowest BCUT2D eigenvalue weighted by Gasteiger charge is -2.05. The largest absolute Gasteiger partial charge is 0.361 e. The zero-order chi connectivity index (χ0) is 15.7. The lowest BCUT2D eigenvalue weighted by Crippen LogP contribution is -2.07. The smallest absolute Gasteiger partial charge is 0.334 e. The Morgan fingerprint density at radius 2 is 2.10 bits per heavy atom. The van der Waals surface area contributed by atoms with Crippen LogP contribution in [-0.2, 0) is 13.6 Å². The first-order valence-corrected chi connectivity index (χ1v) is 6.69. The standard InChI is InChI=1S/C13H19N5O3/c1-7(2)11-12(18(19)20)13(17(5)15-11)14-6-10-8(3)16-21-9(10)4/h7,14H,6H2,1-5H3. The third-order valence-corrected chi connectivity index (χ3v) is 3.39. The summed E-state index contributed by atoms with van der Waals surface area (Å²) in [5.41, 5.74) is 2.17. The molecule has 1 N–H and O–H groups in total. The van der Waals surface area contributed by atoms with Gasteiger partial charge in [0, 0.05) is 25.1 Å². The maximum absolute atomic E-state index is 11.3. The summed E-state index contributed by atoms with van der Waals surface area (Å²) in [4.78, 5) is 10.9. The summed E-state index contributed by atoms with van der Waals surface area (Å²) in [7, 11) is 1.69. The third kappa shape index (κ3) is 2.74. The van der Waals surface area contributed by atoms with Crippen molar-refractivity contribution in [2.24, 2.45) is 7.05 Å². The van der Waals surface area contributed by atoms with Crippen molar-refractivity contribution in [2.75, 3.05) is 5.32 Å². The van der Waals surface area contributed by atoms with E-state index in [1.54, 1.807) is 7.05 Å². The molecule has 2 rings (SSSR count). The minimum atomic E-state index is -0.391. The normalized spacial score (nSPS) is 11.1. The second kappa shape index (κ2) is 5.55. The summed E-state index contributed by atoms with van der Waals surface area (Å²) in [6.07, 6.45) is 0. The maximum atomic E-state index is 11.3. The Morgan fingerprint density at radius 3 is 2.57 bits per heavy atom. The van der Waals surface area contributed by atoms with E-state index < -0.39 is 4.92 Å². The Labute approximate surface area is 122 Å². The Hall–Kier alpha value is -2.38. The predicted octanol–water partition coefficient (Wildman–Crippen LogP) is 2.67. The van der Waals surface area contributed by atoms with Gasteiger partial charge < -0.3 is 9.84 Å². The molecule has 0 aliphatic carbocycles. The highest BCUT2D eigenvalue weighted by Crippen LogP contribution is 2.33. The summed E-state index contributed by atoms with van der Waals surface area (Å²) in [6.45, 7) is 7.82. The van der Waals surface area contributed by atoms with E-state index in [1.807, 2.05) is 27.7 Å². The SMILES string of the molecule is Cc1noc(C)c1CNc1c([N+](=O)[O-])c(C(C)C)nn1C. The van der Waals surface area contributed by atoms with Crippen LogP contribution >= 0.6 is 0 Å². The van der Waals surface area contributed by atoms with Gasteiger partial charge >= 0.3 is 5.69 Å². The zero-order valence-electron chi connectivity index (χ0n) is 12.8. The molecule has 0 aromatic carbocycles. The molecule has 21 heavy (non-hydrogen) atoms. The van der Waals surface area contributed by atoms with Crippen LogP contribution in [0.5, 0.6) is 0 Å². The van der Waals surface area contributed by atoms with Gasteiger partial charge in [-0.05, 0) is 13.8 Å². The number of nitrogens with zero attached hydrogens (tertiary/aromatic N) is 4. The van der Waals surface area contributed by atoms with Gasteiger partial charge in [-0.1, -0.05) is 19.0 Å². The number of hydrogen-bond acceptors (Lipinski definition) is 6. The van der Waals surface area contributed by atoms with Crippen LogP contribution < -0.4 is 5.32 Å². The number of aromatic nitrogens is 3. The predicted molar refractivity (Wildman–Crippen MR) is 77.3 cm³/mol. The molecular weight excluding hydrogens is 274 g/mol. The van der Waals surface area contributed by atoms with E-state index in [0.29, 0.717) is 23.8 Å². The van der Waals surface area contributed by atoms with E-state index in [9.17, 15) is 10.1 Å². The van der Waals surface area contributed by atoms with Gasteiger partial charge in [-0.15, -0.1) is 0 Å². The molecule has 2 aromatic rings. The van der Waals surface area contributed by atoms with Crippen molar-refractivity contribution >= 4 is 11.5 Å². The minimum absolute atomic E-state index is 0.0220. The molecule has 2 aromatic heterocycles. The van der Waals surface area contributed by atoms with Crippen LogP contribution in [0, 0.1) is 24.0 Å². The molecule has 0 atom stereocenters. The number of nitrogens with one attached hydrogen (secondary N) is 1. The average molecular weight is 293 g/mol. The first-order valence-electron chi connectivity index (χ1n) is 6.69. The maximum Gasteiger partial charge on any atom is 0.334 e. The van der Waals surface area contributed by atoms with Gasteiger partial charge in [0.15, 0.2) is 0 Å². The molecule has 2 heterocycles. The van der Waals surface area contributed by atoms with Crippen LogP contribution in [0.15, 0.2) is 4.52 Å². The van der Waals surface area contributed by atoms with E-state index in [1.165, 1.54) is 4.68 Å². The Bertz CT molecular complexity index is 652. The van der Waals surface area contributed by atoms with Crippen molar-refractivity contribution in [2.45, 2.75) is 40.2 Å². The highest BCUT2D eigenvalue weighted by molar-refractivity contribution is 5.60. The molecule has 0 bridgehead atoms. The molecule has 8 nitrogen and oxygen atoms in total. The van der Waals surface area contributed by atoms with Gasteiger partial charge in [-0.25, -0.2) is 4.68 Å². The molecule has 114 valence electrons. The number of nitro groups is 1. The molecule has 0 saturated carbocycles. The van der Waals surface area contributed by atoms with E-state index in [2.05, 4.69) is 15.6 Å². The van der Waals surface area contributed by atoms with Crippen LogP contribution in [0.2, 0.25) is 0 Å². The highest BCUT2D eigenvalue weighted by Gasteiger charge is 2.28. The van der Waals surface area contributed by atoms with Crippen LogP contribution in [0.4, 0.5) is 11.5 Å². The monoisotopic (exact) mass is 293 g/mol. The summed E-state index contributed by atoms with van der Waals surface area (Å²) >= 11 is 0. The fourth-order valence-corrected chi connectivity index (χ4v) is 2.23. The Morgan fingerprint density at radius 1 is 1.43 bits per heavy atom. The van der Waals surface area contributed by atoms with Crippen molar-refractivity contribution < 1.29 is 9.45 Å². The summed E-state index contributed by atoms with van der Waals surface area (Å²) < 4.78 is 6.59. The summed E-state index contributed by atoms with van der Waals surface area (Å²) in [6, 6.07) is 0. The third-order valence-electron chi connectivity index (χ3n) is 3.39. The van der Waals surface area contributed by atoms with Crippen LogP contribution in [0.1, 0.15) is 42.5 Å².